The number of hydrogen-bond acceptors (Lipinski definition) is 4. The summed E-state index contributed by atoms with van der Waals surface area (Å²) in [4.78, 5) is 5.42. The van der Waals surface area contributed by atoms with Crippen molar-refractivity contribution in [2.24, 2.45) is 0 Å². The summed E-state index contributed by atoms with van der Waals surface area (Å²) in [5.74, 6) is 1.06. The third-order valence-corrected chi connectivity index (χ3v) is 3.46. The first-order chi connectivity index (χ1) is 7.88. The van der Waals surface area contributed by atoms with Gasteiger partial charge in [0.05, 0.1) is 11.8 Å². The Morgan fingerprint density at radius 2 is 2.50 bits per heavy atom. The summed E-state index contributed by atoms with van der Waals surface area (Å²) in [5, 5.41) is 3.34. The van der Waals surface area contributed by atoms with E-state index in [2.05, 4.69) is 10.3 Å². The van der Waals surface area contributed by atoms with Crippen molar-refractivity contribution in [3.8, 4) is 0 Å². The molecule has 0 aromatic carbocycles. The second-order valence-electron chi connectivity index (χ2n) is 3.78. The molecule has 16 heavy (non-hydrogen) atoms. The lowest BCUT2D eigenvalue weighted by Crippen LogP contribution is -2.27. The van der Waals surface area contributed by atoms with Crippen molar-refractivity contribution >= 4 is 11.3 Å². The van der Waals surface area contributed by atoms with Crippen LogP contribution in [0.4, 0.5) is 0 Å². The van der Waals surface area contributed by atoms with Crippen molar-refractivity contribution in [2.75, 3.05) is 7.05 Å². The van der Waals surface area contributed by atoms with Gasteiger partial charge in [-0.25, -0.2) is 0 Å². The lowest BCUT2D eigenvalue weighted by molar-refractivity contribution is 0.461. The quantitative estimate of drug-likeness (QED) is 0.837. The summed E-state index contributed by atoms with van der Waals surface area (Å²) >= 11 is 1.72. The number of nitrogens with one attached hydrogen (secondary N) is 1. The Hall–Kier alpha value is -1.13. The van der Waals surface area contributed by atoms with Crippen LogP contribution < -0.4 is 5.32 Å². The van der Waals surface area contributed by atoms with Gasteiger partial charge in [-0.1, -0.05) is 0 Å². The molecule has 2 aromatic heterocycles. The molecule has 2 aromatic rings. The Morgan fingerprint density at radius 1 is 1.56 bits per heavy atom. The number of nitrogens with zero attached hydrogens (tertiary/aromatic N) is 1. The molecule has 2 rings (SSSR count). The number of hydrogen-bond donors (Lipinski definition) is 1. The standard InChI is InChI=1S/C12H16N2OS/c1-13-10(7-12-8-14-9-16-12)4-5-11-3-2-6-15-11/h2-3,6,8-10,13H,4-5,7H2,1H3. The molecule has 0 radical (unpaired) electrons. The van der Waals surface area contributed by atoms with Crippen LogP contribution in [0.2, 0.25) is 0 Å². The molecule has 1 unspecified atom stereocenters. The van der Waals surface area contributed by atoms with Gasteiger partial charge in [0.1, 0.15) is 5.76 Å². The minimum Gasteiger partial charge on any atom is -0.469 e. The minimum absolute atomic E-state index is 0.491. The van der Waals surface area contributed by atoms with Crippen LogP contribution in [0.25, 0.3) is 0 Å². The molecule has 0 spiro atoms. The van der Waals surface area contributed by atoms with E-state index in [0.717, 1.165) is 25.0 Å². The Morgan fingerprint density at radius 3 is 3.12 bits per heavy atom. The zero-order valence-electron chi connectivity index (χ0n) is 9.35. The highest BCUT2D eigenvalue weighted by molar-refractivity contribution is 7.09. The number of furan rings is 1. The maximum atomic E-state index is 5.33. The summed E-state index contributed by atoms with van der Waals surface area (Å²) < 4.78 is 5.33. The largest absolute Gasteiger partial charge is 0.469 e. The van der Waals surface area contributed by atoms with Crippen molar-refractivity contribution in [1.29, 1.82) is 0 Å². The van der Waals surface area contributed by atoms with Gasteiger partial charge in [-0.3, -0.25) is 4.98 Å². The van der Waals surface area contributed by atoms with Gasteiger partial charge >= 0.3 is 0 Å². The van der Waals surface area contributed by atoms with Gasteiger partial charge in [0.25, 0.3) is 0 Å². The molecule has 86 valence electrons. The molecule has 0 aliphatic heterocycles. The SMILES string of the molecule is CNC(CCc1ccco1)Cc1cncs1. The lowest BCUT2D eigenvalue weighted by Gasteiger charge is -2.13. The van der Waals surface area contributed by atoms with E-state index in [1.807, 2.05) is 30.9 Å². The van der Waals surface area contributed by atoms with Crippen LogP contribution in [0.1, 0.15) is 17.1 Å². The third-order valence-electron chi connectivity index (χ3n) is 2.66. The molecule has 0 saturated carbocycles. The van der Waals surface area contributed by atoms with E-state index in [1.54, 1.807) is 17.6 Å². The van der Waals surface area contributed by atoms with Crippen LogP contribution in [0.5, 0.6) is 0 Å². The molecular weight excluding hydrogens is 220 g/mol. The molecule has 2 heterocycles. The van der Waals surface area contributed by atoms with Crippen LogP contribution in [0.15, 0.2) is 34.5 Å². The van der Waals surface area contributed by atoms with E-state index >= 15 is 0 Å². The summed E-state index contributed by atoms with van der Waals surface area (Å²) in [7, 11) is 2.01. The summed E-state index contributed by atoms with van der Waals surface area (Å²) in [6.07, 6.45) is 6.79. The smallest absolute Gasteiger partial charge is 0.103 e. The average molecular weight is 236 g/mol. The first kappa shape index (κ1) is 11.4. The second kappa shape index (κ2) is 5.82. The van der Waals surface area contributed by atoms with Crippen LogP contribution >= 0.6 is 11.3 Å². The predicted octanol–water partition coefficient (Wildman–Crippen LogP) is 2.50. The molecule has 0 saturated heterocycles. The van der Waals surface area contributed by atoms with Gasteiger partial charge in [0, 0.05) is 23.5 Å². The van der Waals surface area contributed by atoms with E-state index in [9.17, 15) is 0 Å². The molecule has 0 aliphatic carbocycles. The topological polar surface area (TPSA) is 38.1 Å². The van der Waals surface area contributed by atoms with Crippen LogP contribution in [-0.4, -0.2) is 18.1 Å². The van der Waals surface area contributed by atoms with Crippen molar-refractivity contribution in [3.63, 3.8) is 0 Å². The Balaban J connectivity index is 1.81. The molecule has 0 aliphatic rings. The fraction of sp³-hybridized carbons (Fsp3) is 0.417. The number of aryl methyl sites for hydroxylation is 1. The summed E-state index contributed by atoms with van der Waals surface area (Å²) in [6, 6.07) is 4.46. The number of rotatable bonds is 6. The number of thiazole rings is 1. The van der Waals surface area contributed by atoms with Gasteiger partial charge in [-0.15, -0.1) is 11.3 Å². The van der Waals surface area contributed by atoms with Crippen molar-refractivity contribution in [1.82, 2.24) is 10.3 Å². The van der Waals surface area contributed by atoms with Crippen LogP contribution in [0, 0.1) is 0 Å². The molecule has 1 N–H and O–H groups in total. The van der Waals surface area contributed by atoms with Crippen molar-refractivity contribution in [3.05, 3.63) is 40.7 Å². The average Bonchev–Trinajstić information content (AvgIpc) is 2.97. The van der Waals surface area contributed by atoms with Gasteiger partial charge in [-0.05, 0) is 32.0 Å². The van der Waals surface area contributed by atoms with Gasteiger partial charge < -0.3 is 9.73 Å². The second-order valence-corrected chi connectivity index (χ2v) is 4.75. The van der Waals surface area contributed by atoms with Crippen molar-refractivity contribution < 1.29 is 4.42 Å². The van der Waals surface area contributed by atoms with Crippen LogP contribution in [-0.2, 0) is 12.8 Å². The first-order valence-corrected chi connectivity index (χ1v) is 6.33. The highest BCUT2D eigenvalue weighted by Crippen LogP contribution is 2.12. The fourth-order valence-electron chi connectivity index (χ4n) is 1.71. The third kappa shape index (κ3) is 3.18. The Bertz CT molecular complexity index is 383. The molecule has 4 heteroatoms. The first-order valence-electron chi connectivity index (χ1n) is 5.45. The van der Waals surface area contributed by atoms with E-state index in [0.29, 0.717) is 6.04 Å². The molecule has 0 bridgehead atoms. The molecule has 0 amide bonds. The maximum Gasteiger partial charge on any atom is 0.103 e. The Kier molecular flexibility index (Phi) is 4.13. The zero-order valence-corrected chi connectivity index (χ0v) is 10.2. The predicted molar refractivity (Wildman–Crippen MR) is 65.7 cm³/mol. The summed E-state index contributed by atoms with van der Waals surface area (Å²) in [6.45, 7) is 0. The van der Waals surface area contributed by atoms with E-state index < -0.39 is 0 Å². The van der Waals surface area contributed by atoms with Gasteiger partial charge in [-0.2, -0.15) is 0 Å². The normalized spacial score (nSPS) is 12.8. The highest BCUT2D eigenvalue weighted by Gasteiger charge is 2.09. The van der Waals surface area contributed by atoms with E-state index in [4.69, 9.17) is 4.42 Å². The molecule has 0 fully saturated rings. The highest BCUT2D eigenvalue weighted by atomic mass is 32.1. The van der Waals surface area contributed by atoms with Crippen molar-refractivity contribution in [2.45, 2.75) is 25.3 Å². The Labute approximate surface area is 99.5 Å². The monoisotopic (exact) mass is 236 g/mol. The number of likely N-dealkylation sites (N-methyl/N-ethyl adjacent to an activating group) is 1. The van der Waals surface area contributed by atoms with E-state index in [-0.39, 0.29) is 0 Å². The number of aromatic nitrogens is 1. The van der Waals surface area contributed by atoms with Gasteiger partial charge in [0.2, 0.25) is 0 Å². The lowest BCUT2D eigenvalue weighted by atomic mass is 10.1. The molecule has 3 nitrogen and oxygen atoms in total. The van der Waals surface area contributed by atoms with E-state index in [1.165, 1.54) is 4.88 Å². The maximum absolute atomic E-state index is 5.33. The zero-order chi connectivity index (χ0) is 11.2. The summed E-state index contributed by atoms with van der Waals surface area (Å²) in [5.41, 5.74) is 1.88. The molecular formula is C12H16N2OS. The van der Waals surface area contributed by atoms with Crippen LogP contribution in [0.3, 0.4) is 0 Å². The fourth-order valence-corrected chi connectivity index (χ4v) is 2.38. The molecule has 1 atom stereocenters. The van der Waals surface area contributed by atoms with Gasteiger partial charge in [0.15, 0.2) is 0 Å². The minimum atomic E-state index is 0.491.